The lowest BCUT2D eigenvalue weighted by Crippen LogP contribution is -2.29. The lowest BCUT2D eigenvalue weighted by atomic mass is 10.3. The largest absolute Gasteiger partial charge is 0.466 e. The van der Waals surface area contributed by atoms with Crippen molar-refractivity contribution in [1.29, 1.82) is 0 Å². The predicted molar refractivity (Wildman–Crippen MR) is 57.9 cm³/mol. The summed E-state index contributed by atoms with van der Waals surface area (Å²) in [5.41, 5.74) is 1.06. The van der Waals surface area contributed by atoms with E-state index in [-0.39, 0.29) is 0 Å². The fourth-order valence-electron chi connectivity index (χ4n) is 0.802. The molecule has 15 heavy (non-hydrogen) atoms. The van der Waals surface area contributed by atoms with Crippen molar-refractivity contribution in [2.75, 3.05) is 11.6 Å². The highest BCUT2D eigenvalue weighted by Crippen LogP contribution is 2.25. The number of hydrazine groups is 1. The minimum Gasteiger partial charge on any atom is -0.311 e. The molecule has 1 rings (SSSR count). The van der Waals surface area contributed by atoms with Gasteiger partial charge in [0.25, 0.3) is 0 Å². The Hall–Kier alpha value is -0.910. The Labute approximate surface area is 88.2 Å². The highest BCUT2D eigenvalue weighted by atomic mass is 31.2. The molecule has 1 aromatic rings. The van der Waals surface area contributed by atoms with Gasteiger partial charge in [-0.15, -0.1) is 0 Å². The van der Waals surface area contributed by atoms with Gasteiger partial charge in [0.05, 0.1) is 5.69 Å². The van der Waals surface area contributed by atoms with Gasteiger partial charge in [-0.2, -0.15) is 0 Å². The summed E-state index contributed by atoms with van der Waals surface area (Å²) in [7, 11) is -4.64. The Morgan fingerprint density at radius 3 is 2.00 bits per heavy atom. The van der Waals surface area contributed by atoms with Gasteiger partial charge in [-0.1, -0.05) is 18.2 Å². The van der Waals surface area contributed by atoms with Gasteiger partial charge in [-0.3, -0.25) is 0 Å². The topological polar surface area (TPSA) is 107 Å². The second-order valence-corrected chi connectivity index (χ2v) is 3.66. The number of anilines is 1. The highest BCUT2D eigenvalue weighted by molar-refractivity contribution is 7.45. The van der Waals surface area contributed by atoms with Gasteiger partial charge in [0.2, 0.25) is 0 Å². The second kappa shape index (κ2) is 6.55. The summed E-state index contributed by atoms with van der Waals surface area (Å²) in [5.74, 6) is 5.63. The molecular weight excluding hydrogens is 219 g/mol. The summed E-state index contributed by atoms with van der Waals surface area (Å²) in [5, 5.41) is 1.71. The molecule has 0 saturated heterocycles. The first kappa shape index (κ1) is 14.1. The summed E-state index contributed by atoms with van der Waals surface area (Å²) in [6.45, 7) is 2.86. The maximum atomic E-state index is 8.88. The number of nitrogens with zero attached hydrogens (tertiary/aromatic N) is 1. The van der Waals surface area contributed by atoms with E-state index in [0.717, 1.165) is 12.2 Å². The molecule has 0 heterocycles. The van der Waals surface area contributed by atoms with Crippen LogP contribution >= 0.6 is 7.82 Å². The fraction of sp³-hybridized carbons (Fsp3) is 0.250. The van der Waals surface area contributed by atoms with Gasteiger partial charge in [0, 0.05) is 6.54 Å². The maximum Gasteiger partial charge on any atom is 0.466 e. The quantitative estimate of drug-likeness (QED) is 0.336. The number of rotatable bonds is 2. The van der Waals surface area contributed by atoms with Crippen molar-refractivity contribution in [3.05, 3.63) is 30.3 Å². The number of benzene rings is 1. The van der Waals surface area contributed by atoms with E-state index < -0.39 is 7.82 Å². The SMILES string of the molecule is CCN(N)c1ccccc1.O=P(O)(O)O. The first-order chi connectivity index (χ1) is 6.84. The summed E-state index contributed by atoms with van der Waals surface area (Å²) in [6.07, 6.45) is 0. The average molecular weight is 234 g/mol. The van der Waals surface area contributed by atoms with Crippen molar-refractivity contribution in [3.8, 4) is 0 Å². The van der Waals surface area contributed by atoms with Crippen LogP contribution < -0.4 is 10.9 Å². The Kier molecular flexibility index (Phi) is 6.15. The van der Waals surface area contributed by atoms with Crippen molar-refractivity contribution in [1.82, 2.24) is 0 Å². The molecule has 0 aliphatic carbocycles. The number of hydrogen-bond donors (Lipinski definition) is 4. The summed E-state index contributed by atoms with van der Waals surface area (Å²) in [4.78, 5) is 21.6. The fourth-order valence-corrected chi connectivity index (χ4v) is 0.802. The van der Waals surface area contributed by atoms with Crippen LogP contribution in [0.25, 0.3) is 0 Å². The minimum absolute atomic E-state index is 0.837. The van der Waals surface area contributed by atoms with Gasteiger partial charge in [-0.05, 0) is 19.1 Å². The number of nitrogens with two attached hydrogens (primary N) is 1. The van der Waals surface area contributed by atoms with Gasteiger partial charge < -0.3 is 19.7 Å². The van der Waals surface area contributed by atoms with Crippen LogP contribution in [0, 0.1) is 0 Å². The number of para-hydroxylation sites is 1. The van der Waals surface area contributed by atoms with E-state index in [4.69, 9.17) is 25.1 Å². The summed E-state index contributed by atoms with van der Waals surface area (Å²) in [6, 6.07) is 9.91. The number of phosphoric acid groups is 1. The summed E-state index contributed by atoms with van der Waals surface area (Å²) < 4.78 is 8.88. The van der Waals surface area contributed by atoms with Crippen LogP contribution in [-0.2, 0) is 4.57 Å². The molecule has 0 spiro atoms. The van der Waals surface area contributed by atoms with Crippen LogP contribution in [0.4, 0.5) is 5.69 Å². The first-order valence-electron chi connectivity index (χ1n) is 4.20. The van der Waals surface area contributed by atoms with Crippen molar-refractivity contribution in [2.45, 2.75) is 6.92 Å². The van der Waals surface area contributed by atoms with Crippen LogP contribution in [0.1, 0.15) is 6.92 Å². The van der Waals surface area contributed by atoms with Gasteiger partial charge >= 0.3 is 7.82 Å². The van der Waals surface area contributed by atoms with Crippen molar-refractivity contribution >= 4 is 13.5 Å². The molecule has 7 heteroatoms. The van der Waals surface area contributed by atoms with Crippen LogP contribution in [0.2, 0.25) is 0 Å². The van der Waals surface area contributed by atoms with Crippen LogP contribution in [0.3, 0.4) is 0 Å². The zero-order valence-corrected chi connectivity index (χ0v) is 9.21. The molecule has 1 aromatic carbocycles. The van der Waals surface area contributed by atoms with E-state index >= 15 is 0 Å². The third-order valence-corrected chi connectivity index (χ3v) is 1.43. The monoisotopic (exact) mass is 234 g/mol. The molecule has 0 radical (unpaired) electrons. The van der Waals surface area contributed by atoms with E-state index in [1.165, 1.54) is 0 Å². The number of hydrogen-bond acceptors (Lipinski definition) is 3. The normalized spacial score (nSPS) is 10.2. The van der Waals surface area contributed by atoms with Crippen molar-refractivity contribution in [3.63, 3.8) is 0 Å². The van der Waals surface area contributed by atoms with Gasteiger partial charge in [0.1, 0.15) is 0 Å². The van der Waals surface area contributed by atoms with Crippen LogP contribution in [-0.4, -0.2) is 21.2 Å². The molecule has 0 aliphatic heterocycles. The molecule has 0 saturated carbocycles. The third-order valence-electron chi connectivity index (χ3n) is 1.43. The molecule has 0 amide bonds. The predicted octanol–water partition coefficient (Wildman–Crippen LogP) is 0.458. The minimum atomic E-state index is -4.64. The first-order valence-corrected chi connectivity index (χ1v) is 5.76. The molecule has 0 aromatic heterocycles. The van der Waals surface area contributed by atoms with Crippen molar-refractivity contribution in [2.24, 2.45) is 5.84 Å². The molecular formula is C8H15N2O4P. The van der Waals surface area contributed by atoms with E-state index in [2.05, 4.69) is 0 Å². The maximum absolute atomic E-state index is 8.88. The standard InChI is InChI=1S/C8H12N2.H3O4P/c1-2-10(9)8-6-4-3-5-7-8;1-5(2,3)4/h3-7H,2,9H2,1H3;(H3,1,2,3,4). The van der Waals surface area contributed by atoms with E-state index in [1.54, 1.807) is 5.01 Å². The molecule has 0 fully saturated rings. The smallest absolute Gasteiger partial charge is 0.311 e. The summed E-state index contributed by atoms with van der Waals surface area (Å²) >= 11 is 0. The van der Waals surface area contributed by atoms with E-state index in [0.29, 0.717) is 0 Å². The molecule has 5 N–H and O–H groups in total. The zero-order valence-electron chi connectivity index (χ0n) is 8.32. The molecule has 0 bridgehead atoms. The molecule has 0 unspecified atom stereocenters. The molecule has 0 aliphatic rings. The third kappa shape index (κ3) is 9.40. The van der Waals surface area contributed by atoms with Crippen LogP contribution in [0.5, 0.6) is 0 Å². The second-order valence-electron chi connectivity index (χ2n) is 2.63. The van der Waals surface area contributed by atoms with Gasteiger partial charge in [0.15, 0.2) is 0 Å². The van der Waals surface area contributed by atoms with E-state index in [1.807, 2.05) is 37.3 Å². The molecule has 6 nitrogen and oxygen atoms in total. The molecule has 86 valence electrons. The Balaban J connectivity index is 0.000000336. The zero-order chi connectivity index (χ0) is 11.9. The lowest BCUT2D eigenvalue weighted by molar-refractivity contribution is 0.275. The lowest BCUT2D eigenvalue weighted by Gasteiger charge is -2.14. The van der Waals surface area contributed by atoms with Crippen molar-refractivity contribution < 1.29 is 19.2 Å². The Morgan fingerprint density at radius 1 is 1.27 bits per heavy atom. The molecule has 0 atom stereocenters. The highest BCUT2D eigenvalue weighted by Gasteiger charge is 2.00. The van der Waals surface area contributed by atoms with E-state index in [9.17, 15) is 0 Å². The van der Waals surface area contributed by atoms with Crippen LogP contribution in [0.15, 0.2) is 30.3 Å². The Bertz CT molecular complexity index is 305. The average Bonchev–Trinajstić information content (AvgIpc) is 2.15. The van der Waals surface area contributed by atoms with Gasteiger partial charge in [-0.25, -0.2) is 10.4 Å². The Morgan fingerprint density at radius 2 is 1.67 bits per heavy atom.